The van der Waals surface area contributed by atoms with Gasteiger partial charge in [0.15, 0.2) is 0 Å². The number of anilines is 1. The van der Waals surface area contributed by atoms with Crippen LogP contribution in [0.5, 0.6) is 5.75 Å². The predicted octanol–water partition coefficient (Wildman–Crippen LogP) is 4.86. The molecule has 0 aliphatic carbocycles. The van der Waals surface area contributed by atoms with Crippen LogP contribution >= 0.6 is 21.6 Å². The zero-order chi connectivity index (χ0) is 22.9. The van der Waals surface area contributed by atoms with Gasteiger partial charge >= 0.3 is 5.97 Å². The molecule has 2 N–H and O–H groups in total. The Kier molecular flexibility index (Phi) is 18.0. The normalized spacial score (nSPS) is 9.44. The van der Waals surface area contributed by atoms with Crippen LogP contribution in [-0.2, 0) is 47.0 Å². The SMILES string of the molecule is CC(=O)Oc1ccccc1C(=O)Nc1cc[c-]cc1.COCCSSCCOC([NH-])=O.[Y]. The van der Waals surface area contributed by atoms with Crippen LogP contribution in [0.3, 0.4) is 0 Å². The van der Waals surface area contributed by atoms with E-state index in [1.54, 1.807) is 77.2 Å². The summed E-state index contributed by atoms with van der Waals surface area (Å²) in [5.41, 5.74) is 7.39. The first kappa shape index (κ1) is 30.4. The van der Waals surface area contributed by atoms with Crippen molar-refractivity contribution in [3.63, 3.8) is 0 Å². The smallest absolute Gasteiger partial charge is 0.308 e. The van der Waals surface area contributed by atoms with Gasteiger partial charge in [-0.3, -0.25) is 14.4 Å². The predicted molar refractivity (Wildman–Crippen MR) is 123 cm³/mol. The molecule has 8 nitrogen and oxygen atoms in total. The number of hydrogen-bond acceptors (Lipinski definition) is 8. The summed E-state index contributed by atoms with van der Waals surface area (Å²) in [6.07, 6.45) is -0.961. The number of carbonyl (C=O) groups is 3. The number of methoxy groups -OCH3 is 1. The molecular formula is C21H24N2O6S2Y-2. The molecule has 32 heavy (non-hydrogen) atoms. The molecule has 0 heterocycles. The van der Waals surface area contributed by atoms with Crippen molar-refractivity contribution in [2.75, 3.05) is 37.1 Å². The fraction of sp³-hybridized carbons (Fsp3) is 0.286. The third-order valence-corrected chi connectivity index (χ3v) is 5.55. The van der Waals surface area contributed by atoms with Gasteiger partial charge in [-0.25, -0.2) is 0 Å². The van der Waals surface area contributed by atoms with Gasteiger partial charge in [-0.15, -0.1) is 12.1 Å². The van der Waals surface area contributed by atoms with Gasteiger partial charge in [0.25, 0.3) is 5.91 Å². The Morgan fingerprint density at radius 3 is 2.25 bits per heavy atom. The second-order valence-electron chi connectivity index (χ2n) is 5.61. The first-order valence-electron chi connectivity index (χ1n) is 9.10. The van der Waals surface area contributed by atoms with Gasteiger partial charge in [0, 0.05) is 58.2 Å². The average Bonchev–Trinajstić information content (AvgIpc) is 2.74. The summed E-state index contributed by atoms with van der Waals surface area (Å²) in [5, 5.41) is 2.72. The van der Waals surface area contributed by atoms with Gasteiger partial charge in [-0.05, 0) is 12.1 Å². The van der Waals surface area contributed by atoms with E-state index in [-0.39, 0.29) is 44.4 Å². The standard InChI is InChI=1S/C15H12NO3.C6H13NO3S2.Y/c1-11(17)19-14-10-6-5-9-13(14)15(18)16-12-7-3-2-4-8-12;1-9-2-4-11-12-5-3-10-6(7)8;/h3-10H,1H3,(H,16,18);2-5H2,1H3,(H2,7,8);/q-1;;/p-1. The van der Waals surface area contributed by atoms with E-state index < -0.39 is 12.1 Å². The van der Waals surface area contributed by atoms with Crippen molar-refractivity contribution >= 4 is 45.2 Å². The second kappa shape index (κ2) is 18.9. The fourth-order valence-electron chi connectivity index (χ4n) is 1.97. The largest absolute Gasteiger partial charge is 0.632 e. The molecule has 0 saturated heterocycles. The molecule has 1 radical (unpaired) electrons. The van der Waals surface area contributed by atoms with Crippen molar-refractivity contribution in [2.24, 2.45) is 0 Å². The Labute approximate surface area is 221 Å². The van der Waals surface area contributed by atoms with E-state index in [0.29, 0.717) is 17.9 Å². The van der Waals surface area contributed by atoms with E-state index in [1.807, 2.05) is 0 Å². The fourth-order valence-corrected chi connectivity index (χ4v) is 3.71. The molecule has 2 amide bonds. The maximum atomic E-state index is 12.1. The summed E-state index contributed by atoms with van der Waals surface area (Å²) in [4.78, 5) is 33.1. The topological polar surface area (TPSA) is 115 Å². The second-order valence-corrected chi connectivity index (χ2v) is 8.31. The molecule has 0 unspecified atom stereocenters. The third kappa shape index (κ3) is 14.5. The Balaban J connectivity index is 0.000000647. The molecule has 171 valence electrons. The van der Waals surface area contributed by atoms with Crippen LogP contribution in [0.15, 0.2) is 48.5 Å². The molecule has 0 aromatic heterocycles. The van der Waals surface area contributed by atoms with Gasteiger partial charge in [0.2, 0.25) is 6.09 Å². The first-order chi connectivity index (χ1) is 14.9. The van der Waals surface area contributed by atoms with E-state index in [4.69, 9.17) is 15.2 Å². The monoisotopic (exact) mass is 553 g/mol. The van der Waals surface area contributed by atoms with E-state index in [0.717, 1.165) is 18.1 Å². The molecule has 0 saturated carbocycles. The van der Waals surface area contributed by atoms with Crippen LogP contribution in [0.25, 0.3) is 5.73 Å². The van der Waals surface area contributed by atoms with Crippen molar-refractivity contribution in [3.8, 4) is 5.75 Å². The van der Waals surface area contributed by atoms with Gasteiger partial charge in [-0.1, -0.05) is 39.4 Å². The van der Waals surface area contributed by atoms with Gasteiger partial charge in [0.05, 0.1) is 18.8 Å². The molecule has 11 heteroatoms. The molecule has 2 aromatic carbocycles. The van der Waals surface area contributed by atoms with Crippen LogP contribution in [0.2, 0.25) is 0 Å². The number of rotatable bonds is 10. The average molecular weight is 553 g/mol. The molecule has 0 aliphatic heterocycles. The minimum absolute atomic E-state index is 0. The van der Waals surface area contributed by atoms with Crippen LogP contribution in [-0.4, -0.2) is 49.8 Å². The van der Waals surface area contributed by atoms with Crippen LogP contribution < -0.4 is 10.1 Å². The zero-order valence-corrected chi connectivity index (χ0v) is 22.3. The molecule has 0 atom stereocenters. The summed E-state index contributed by atoms with van der Waals surface area (Å²) < 4.78 is 14.2. The van der Waals surface area contributed by atoms with Crippen molar-refractivity contribution in [1.29, 1.82) is 0 Å². The van der Waals surface area contributed by atoms with Gasteiger partial charge in [-0.2, -0.15) is 18.2 Å². The molecule has 0 aliphatic rings. The molecule has 0 fully saturated rings. The van der Waals surface area contributed by atoms with Gasteiger partial charge in [0.1, 0.15) is 5.75 Å². The third-order valence-electron chi connectivity index (χ3n) is 3.22. The van der Waals surface area contributed by atoms with E-state index in [1.165, 1.54) is 6.92 Å². The van der Waals surface area contributed by atoms with Crippen molar-refractivity contribution in [2.45, 2.75) is 6.92 Å². The molecule has 2 aromatic rings. The Morgan fingerprint density at radius 2 is 1.66 bits per heavy atom. The number of esters is 1. The van der Waals surface area contributed by atoms with E-state index in [9.17, 15) is 14.4 Å². The molecule has 0 bridgehead atoms. The summed E-state index contributed by atoms with van der Waals surface area (Å²) >= 11 is 0. The number of amides is 2. The molecular weight excluding hydrogens is 529 g/mol. The number of nitrogens with one attached hydrogen (secondary N) is 2. The van der Waals surface area contributed by atoms with E-state index >= 15 is 0 Å². The minimum atomic E-state index is -0.961. The Morgan fingerprint density at radius 1 is 1.03 bits per heavy atom. The molecule has 2 rings (SSSR count). The Hall–Kier alpha value is -1.59. The maximum Gasteiger partial charge on any atom is 0.308 e. The van der Waals surface area contributed by atoms with Crippen molar-refractivity contribution in [1.82, 2.24) is 0 Å². The summed E-state index contributed by atoms with van der Waals surface area (Å²) in [7, 11) is 4.94. The number of para-hydroxylation sites is 1. The Bertz CT molecular complexity index is 827. The summed E-state index contributed by atoms with van der Waals surface area (Å²) in [6.45, 7) is 2.34. The van der Waals surface area contributed by atoms with Crippen LogP contribution in [0, 0.1) is 6.07 Å². The maximum absolute atomic E-state index is 12.1. The number of benzene rings is 2. The molecule has 0 spiro atoms. The van der Waals surface area contributed by atoms with Crippen LogP contribution in [0.4, 0.5) is 10.5 Å². The van der Waals surface area contributed by atoms with Crippen molar-refractivity contribution < 1.29 is 61.3 Å². The van der Waals surface area contributed by atoms with E-state index in [2.05, 4.69) is 16.1 Å². The first-order valence-corrected chi connectivity index (χ1v) is 11.6. The number of ether oxygens (including phenoxy) is 3. The van der Waals surface area contributed by atoms with Crippen LogP contribution in [0.1, 0.15) is 17.3 Å². The number of hydrogen-bond donors (Lipinski definition) is 1. The minimum Gasteiger partial charge on any atom is -0.632 e. The summed E-state index contributed by atoms with van der Waals surface area (Å²) in [5.74, 6) is 1.10. The van der Waals surface area contributed by atoms with Gasteiger partial charge < -0.3 is 25.3 Å². The van der Waals surface area contributed by atoms with Crippen molar-refractivity contribution in [3.05, 3.63) is 65.9 Å². The quantitative estimate of drug-likeness (QED) is 0.146. The zero-order valence-electron chi connectivity index (χ0n) is 17.8. The summed E-state index contributed by atoms with van der Waals surface area (Å²) in [6, 6.07) is 16.3. The number of carbonyl (C=O) groups excluding carboxylic acids is 3.